The molecule has 0 bridgehead atoms. The fourth-order valence-electron chi connectivity index (χ4n) is 6.03. The molecule has 0 aromatic heterocycles. The number of nitrogens with zero attached hydrogens (tertiary/aromatic N) is 1. The zero-order chi connectivity index (χ0) is 19.5. The van der Waals surface area contributed by atoms with Crippen LogP contribution >= 0.6 is 0 Å². The molecule has 1 aromatic rings. The molecule has 1 atom stereocenters. The summed E-state index contributed by atoms with van der Waals surface area (Å²) in [6.07, 6.45) is 13.0. The van der Waals surface area contributed by atoms with Gasteiger partial charge in [0.05, 0.1) is 0 Å². The molecule has 28 heavy (non-hydrogen) atoms. The minimum atomic E-state index is -1.51. The molecule has 4 nitrogen and oxygen atoms in total. The fraction of sp³-hybridized carbons (Fsp3) is 0.708. The summed E-state index contributed by atoms with van der Waals surface area (Å²) in [5.74, 6) is -0.499. The highest BCUT2D eigenvalue weighted by Gasteiger charge is 2.48. The Morgan fingerprint density at radius 3 is 2.43 bits per heavy atom. The van der Waals surface area contributed by atoms with E-state index in [4.69, 9.17) is 4.74 Å². The smallest absolute Gasteiger partial charge is 0.343 e. The number of carbonyl (C=O) groups excluding carboxylic acids is 1. The maximum absolute atomic E-state index is 13.1. The van der Waals surface area contributed by atoms with Gasteiger partial charge >= 0.3 is 5.97 Å². The number of ether oxygens (including phenoxy) is 1. The van der Waals surface area contributed by atoms with Crippen molar-refractivity contribution in [2.75, 3.05) is 19.7 Å². The van der Waals surface area contributed by atoms with E-state index in [1.165, 1.54) is 44.9 Å². The quantitative estimate of drug-likeness (QED) is 0.737. The van der Waals surface area contributed by atoms with Crippen LogP contribution in [0.25, 0.3) is 0 Å². The van der Waals surface area contributed by atoms with E-state index in [0.29, 0.717) is 17.7 Å². The van der Waals surface area contributed by atoms with Crippen molar-refractivity contribution in [3.8, 4) is 0 Å². The van der Waals surface area contributed by atoms with E-state index in [2.05, 4.69) is 4.90 Å². The SMILES string of the molecule is O=C(OCCN1CCCC12CCCCC2)C(O)(c1ccccc1)C1CCCC1. The van der Waals surface area contributed by atoms with Gasteiger partial charge < -0.3 is 9.84 Å². The summed E-state index contributed by atoms with van der Waals surface area (Å²) in [4.78, 5) is 15.7. The summed E-state index contributed by atoms with van der Waals surface area (Å²) >= 11 is 0. The van der Waals surface area contributed by atoms with Crippen LogP contribution in [0.5, 0.6) is 0 Å². The van der Waals surface area contributed by atoms with Gasteiger partial charge in [0.1, 0.15) is 6.61 Å². The van der Waals surface area contributed by atoms with Gasteiger partial charge in [0, 0.05) is 18.0 Å². The van der Waals surface area contributed by atoms with Crippen molar-refractivity contribution in [2.45, 2.75) is 81.8 Å². The van der Waals surface area contributed by atoms with E-state index in [9.17, 15) is 9.90 Å². The van der Waals surface area contributed by atoms with Crippen molar-refractivity contribution in [2.24, 2.45) is 5.92 Å². The molecule has 1 aliphatic heterocycles. The van der Waals surface area contributed by atoms with Crippen LogP contribution < -0.4 is 0 Å². The van der Waals surface area contributed by atoms with Gasteiger partial charge in [-0.3, -0.25) is 4.90 Å². The molecule has 3 aliphatic rings. The van der Waals surface area contributed by atoms with Crippen LogP contribution in [0, 0.1) is 5.92 Å². The highest BCUT2D eigenvalue weighted by atomic mass is 16.5. The van der Waals surface area contributed by atoms with E-state index in [-0.39, 0.29) is 5.92 Å². The number of hydrogen-bond acceptors (Lipinski definition) is 4. The summed E-state index contributed by atoms with van der Waals surface area (Å²) in [5.41, 5.74) is -0.478. The van der Waals surface area contributed by atoms with Gasteiger partial charge in [-0.1, -0.05) is 62.4 Å². The predicted octanol–water partition coefficient (Wildman–Crippen LogP) is 4.41. The molecule has 1 saturated heterocycles. The summed E-state index contributed by atoms with van der Waals surface area (Å²) in [6.45, 7) is 2.28. The standard InChI is InChI=1S/C24H35NO3/c26-22(24(27,21-12-5-6-13-21)20-10-3-1-4-11-20)28-19-18-25-17-9-16-23(25)14-7-2-8-15-23/h1,3-4,10-11,21,27H,2,5-9,12-19H2. The first-order valence-corrected chi connectivity index (χ1v) is 11.4. The maximum Gasteiger partial charge on any atom is 0.343 e. The second kappa shape index (κ2) is 8.54. The first-order chi connectivity index (χ1) is 13.7. The molecular weight excluding hydrogens is 350 g/mol. The van der Waals surface area contributed by atoms with Gasteiger partial charge in [0.2, 0.25) is 0 Å². The number of aliphatic hydroxyl groups is 1. The van der Waals surface area contributed by atoms with Crippen molar-refractivity contribution in [3.63, 3.8) is 0 Å². The predicted molar refractivity (Wildman–Crippen MR) is 110 cm³/mol. The summed E-state index contributed by atoms with van der Waals surface area (Å²) in [7, 11) is 0. The topological polar surface area (TPSA) is 49.8 Å². The van der Waals surface area contributed by atoms with Crippen molar-refractivity contribution in [3.05, 3.63) is 35.9 Å². The first kappa shape index (κ1) is 19.9. The number of rotatable bonds is 6. The Kier molecular flexibility index (Phi) is 6.07. The number of carbonyl (C=O) groups is 1. The van der Waals surface area contributed by atoms with Gasteiger partial charge in [-0.15, -0.1) is 0 Å². The molecule has 2 aliphatic carbocycles. The molecule has 4 heteroatoms. The van der Waals surface area contributed by atoms with E-state index in [1.807, 2.05) is 30.3 Å². The lowest BCUT2D eigenvalue weighted by Gasteiger charge is -2.42. The number of hydrogen-bond donors (Lipinski definition) is 1. The van der Waals surface area contributed by atoms with Crippen molar-refractivity contribution in [1.29, 1.82) is 0 Å². The van der Waals surface area contributed by atoms with Crippen molar-refractivity contribution in [1.82, 2.24) is 4.90 Å². The Morgan fingerprint density at radius 1 is 1.04 bits per heavy atom. The molecule has 2 saturated carbocycles. The Labute approximate surface area is 169 Å². The van der Waals surface area contributed by atoms with E-state index < -0.39 is 11.6 Å². The lowest BCUT2D eigenvalue weighted by atomic mass is 9.79. The molecule has 1 spiro atoms. The monoisotopic (exact) mass is 385 g/mol. The van der Waals surface area contributed by atoms with Crippen LogP contribution in [0.2, 0.25) is 0 Å². The fourth-order valence-corrected chi connectivity index (χ4v) is 6.03. The van der Waals surface area contributed by atoms with Crippen LogP contribution in [-0.2, 0) is 15.1 Å². The minimum absolute atomic E-state index is 0.0427. The Balaban J connectivity index is 1.41. The third-order valence-electron chi connectivity index (χ3n) is 7.59. The van der Waals surface area contributed by atoms with E-state index in [0.717, 1.165) is 38.8 Å². The van der Waals surface area contributed by atoms with Crippen LogP contribution in [-0.4, -0.2) is 41.2 Å². The average molecular weight is 386 g/mol. The largest absolute Gasteiger partial charge is 0.462 e. The second-order valence-electron chi connectivity index (χ2n) is 9.13. The zero-order valence-electron chi connectivity index (χ0n) is 17.1. The number of esters is 1. The third kappa shape index (κ3) is 3.73. The molecule has 154 valence electrons. The van der Waals surface area contributed by atoms with Crippen molar-refractivity contribution < 1.29 is 14.6 Å². The van der Waals surface area contributed by atoms with Crippen LogP contribution in [0.4, 0.5) is 0 Å². The minimum Gasteiger partial charge on any atom is -0.462 e. The first-order valence-electron chi connectivity index (χ1n) is 11.4. The molecule has 1 N–H and O–H groups in total. The van der Waals surface area contributed by atoms with Crippen LogP contribution in [0.15, 0.2) is 30.3 Å². The Bertz CT molecular complexity index is 649. The maximum atomic E-state index is 13.1. The van der Waals surface area contributed by atoms with Gasteiger partial charge in [0.25, 0.3) is 0 Å². The van der Waals surface area contributed by atoms with Gasteiger partial charge in [-0.2, -0.15) is 0 Å². The van der Waals surface area contributed by atoms with Crippen molar-refractivity contribution >= 4 is 5.97 Å². The summed E-state index contributed by atoms with van der Waals surface area (Å²) in [5, 5.41) is 11.5. The summed E-state index contributed by atoms with van der Waals surface area (Å²) in [6, 6.07) is 9.41. The normalized spacial score (nSPS) is 25.0. The number of likely N-dealkylation sites (tertiary alicyclic amines) is 1. The number of benzene rings is 1. The lowest BCUT2D eigenvalue weighted by Crippen LogP contribution is -2.48. The van der Waals surface area contributed by atoms with E-state index in [1.54, 1.807) is 0 Å². The summed E-state index contributed by atoms with van der Waals surface area (Å²) < 4.78 is 5.74. The van der Waals surface area contributed by atoms with Crippen LogP contribution in [0.3, 0.4) is 0 Å². The highest BCUT2D eigenvalue weighted by molar-refractivity contribution is 5.81. The Morgan fingerprint density at radius 2 is 1.71 bits per heavy atom. The van der Waals surface area contributed by atoms with Gasteiger partial charge in [-0.05, 0) is 50.6 Å². The lowest BCUT2D eigenvalue weighted by molar-refractivity contribution is -0.174. The molecule has 0 amide bonds. The van der Waals surface area contributed by atoms with Gasteiger partial charge in [0.15, 0.2) is 5.60 Å². The van der Waals surface area contributed by atoms with E-state index >= 15 is 0 Å². The average Bonchev–Trinajstić information content (AvgIpc) is 3.40. The highest BCUT2D eigenvalue weighted by Crippen LogP contribution is 2.43. The molecule has 1 unspecified atom stereocenters. The third-order valence-corrected chi connectivity index (χ3v) is 7.59. The molecule has 3 fully saturated rings. The van der Waals surface area contributed by atoms with Crippen LogP contribution in [0.1, 0.15) is 76.2 Å². The second-order valence-corrected chi connectivity index (χ2v) is 9.13. The molecule has 1 aromatic carbocycles. The molecule has 0 radical (unpaired) electrons. The Hall–Kier alpha value is -1.39. The molecule has 1 heterocycles. The van der Waals surface area contributed by atoms with Gasteiger partial charge in [-0.25, -0.2) is 4.79 Å². The molecule has 4 rings (SSSR count). The zero-order valence-corrected chi connectivity index (χ0v) is 17.1. The molecular formula is C24H35NO3.